The fourth-order valence-electron chi connectivity index (χ4n) is 3.23. The second-order valence-corrected chi connectivity index (χ2v) is 6.08. The third-order valence-corrected chi connectivity index (χ3v) is 4.81. The van der Waals surface area contributed by atoms with E-state index in [-0.39, 0.29) is 5.92 Å². The average molecular weight is 290 g/mol. The molecule has 1 heteroatoms. The molecule has 0 radical (unpaired) electrons. The van der Waals surface area contributed by atoms with Crippen LogP contribution in [-0.2, 0) is 0 Å². The van der Waals surface area contributed by atoms with Crippen molar-refractivity contribution in [2.24, 2.45) is 0 Å². The Hall–Kier alpha value is -2.12. The summed E-state index contributed by atoms with van der Waals surface area (Å²) >= 11 is 0. The molecule has 0 fully saturated rings. The summed E-state index contributed by atoms with van der Waals surface area (Å²) in [5, 5.41) is 10.8. The third-order valence-electron chi connectivity index (χ3n) is 4.81. The molecule has 0 heterocycles. The van der Waals surface area contributed by atoms with Crippen LogP contribution in [-0.4, -0.2) is 5.11 Å². The summed E-state index contributed by atoms with van der Waals surface area (Å²) in [6, 6.07) is 18.1. The minimum absolute atomic E-state index is 0.273. The first-order valence-electron chi connectivity index (χ1n) is 7.77. The molecular weight excluding hydrogens is 268 g/mol. The lowest BCUT2D eigenvalue weighted by molar-refractivity contribution is 0.219. The smallest absolute Gasteiger partial charge is 0.104 e. The molecule has 1 N–H and O–H groups in total. The number of rotatable bonds is 3. The highest BCUT2D eigenvalue weighted by Crippen LogP contribution is 2.40. The largest absolute Gasteiger partial charge is 0.384 e. The molecule has 0 bridgehead atoms. The van der Waals surface area contributed by atoms with Gasteiger partial charge in [0.05, 0.1) is 0 Å². The molecule has 1 aliphatic carbocycles. The highest BCUT2D eigenvalue weighted by atomic mass is 16.3. The van der Waals surface area contributed by atoms with Crippen molar-refractivity contribution in [1.82, 2.24) is 0 Å². The Balaban J connectivity index is 2.06. The van der Waals surface area contributed by atoms with Gasteiger partial charge >= 0.3 is 0 Å². The van der Waals surface area contributed by atoms with E-state index in [2.05, 4.69) is 39.0 Å². The van der Waals surface area contributed by atoms with Gasteiger partial charge in [0.2, 0.25) is 0 Å². The van der Waals surface area contributed by atoms with E-state index in [4.69, 9.17) is 0 Å². The van der Waals surface area contributed by atoms with Crippen LogP contribution in [0.4, 0.5) is 0 Å². The molecule has 2 unspecified atom stereocenters. The fraction of sp³-hybridized carbons (Fsp3) is 0.238. The third kappa shape index (κ3) is 2.53. The summed E-state index contributed by atoms with van der Waals surface area (Å²) in [5.74, 6) is 0.273. The molecule has 2 aromatic rings. The van der Waals surface area contributed by atoms with Gasteiger partial charge < -0.3 is 5.11 Å². The molecule has 0 aromatic heterocycles. The Morgan fingerprint density at radius 2 is 1.50 bits per heavy atom. The van der Waals surface area contributed by atoms with Crippen molar-refractivity contribution in [3.63, 3.8) is 0 Å². The summed E-state index contributed by atoms with van der Waals surface area (Å²) in [5.41, 5.74) is 7.22. The molecule has 112 valence electrons. The second-order valence-electron chi connectivity index (χ2n) is 6.08. The maximum Gasteiger partial charge on any atom is 0.104 e. The molecule has 1 aliphatic rings. The summed E-state index contributed by atoms with van der Waals surface area (Å²) in [4.78, 5) is 0. The minimum Gasteiger partial charge on any atom is -0.384 e. The highest BCUT2D eigenvalue weighted by Gasteiger charge is 2.24. The van der Waals surface area contributed by atoms with E-state index in [1.165, 1.54) is 22.3 Å². The monoisotopic (exact) mass is 290 g/mol. The van der Waals surface area contributed by atoms with Gasteiger partial charge in [-0.05, 0) is 43.0 Å². The summed E-state index contributed by atoms with van der Waals surface area (Å²) in [6.07, 6.45) is 1.72. The SMILES string of the molecule is CC1=CC(c2ccccc2C(O)c2ccccc2)C(C)=C1C. The minimum atomic E-state index is -0.584. The zero-order valence-corrected chi connectivity index (χ0v) is 13.4. The quantitative estimate of drug-likeness (QED) is 0.829. The number of hydrogen-bond donors (Lipinski definition) is 1. The predicted octanol–water partition coefficient (Wildman–Crippen LogP) is 5.15. The number of aliphatic hydroxyl groups excluding tert-OH is 1. The van der Waals surface area contributed by atoms with Crippen molar-refractivity contribution in [3.8, 4) is 0 Å². The Morgan fingerprint density at radius 1 is 0.864 bits per heavy atom. The lowest BCUT2D eigenvalue weighted by Crippen LogP contribution is -2.06. The van der Waals surface area contributed by atoms with E-state index in [9.17, 15) is 5.11 Å². The molecule has 0 aliphatic heterocycles. The first-order chi connectivity index (χ1) is 10.6. The zero-order valence-electron chi connectivity index (χ0n) is 13.4. The Morgan fingerprint density at radius 3 is 2.14 bits per heavy atom. The number of allylic oxidation sites excluding steroid dienone is 4. The molecule has 0 spiro atoms. The van der Waals surface area contributed by atoms with Gasteiger partial charge in [0, 0.05) is 5.92 Å². The highest BCUT2D eigenvalue weighted by molar-refractivity contribution is 5.52. The maximum atomic E-state index is 10.8. The maximum absolute atomic E-state index is 10.8. The van der Waals surface area contributed by atoms with Crippen molar-refractivity contribution in [1.29, 1.82) is 0 Å². The van der Waals surface area contributed by atoms with E-state index >= 15 is 0 Å². The van der Waals surface area contributed by atoms with Crippen molar-refractivity contribution < 1.29 is 5.11 Å². The molecular formula is C21H22O. The van der Waals surface area contributed by atoms with Crippen LogP contribution in [0, 0.1) is 0 Å². The van der Waals surface area contributed by atoms with Crippen LogP contribution in [0.2, 0.25) is 0 Å². The van der Waals surface area contributed by atoms with Gasteiger partial charge in [-0.2, -0.15) is 0 Å². The lowest BCUT2D eigenvalue weighted by atomic mass is 9.86. The summed E-state index contributed by atoms with van der Waals surface area (Å²) in [6.45, 7) is 6.53. The Bertz CT molecular complexity index is 738. The van der Waals surface area contributed by atoms with E-state index in [1.807, 2.05) is 42.5 Å². The lowest BCUT2D eigenvalue weighted by Gasteiger charge is -2.20. The van der Waals surface area contributed by atoms with Gasteiger partial charge in [-0.3, -0.25) is 0 Å². The van der Waals surface area contributed by atoms with Crippen LogP contribution in [0.1, 0.15) is 49.5 Å². The van der Waals surface area contributed by atoms with Crippen LogP contribution >= 0.6 is 0 Å². The molecule has 2 aromatic carbocycles. The fourth-order valence-corrected chi connectivity index (χ4v) is 3.23. The first-order valence-corrected chi connectivity index (χ1v) is 7.77. The van der Waals surface area contributed by atoms with Gasteiger partial charge in [-0.25, -0.2) is 0 Å². The van der Waals surface area contributed by atoms with Crippen molar-refractivity contribution >= 4 is 0 Å². The Kier molecular flexibility index (Phi) is 4.00. The van der Waals surface area contributed by atoms with Gasteiger partial charge in [-0.1, -0.05) is 71.8 Å². The average Bonchev–Trinajstić information content (AvgIpc) is 2.82. The second kappa shape index (κ2) is 5.94. The Labute approximate surface area is 132 Å². The van der Waals surface area contributed by atoms with Crippen molar-refractivity contribution in [2.45, 2.75) is 32.8 Å². The van der Waals surface area contributed by atoms with Gasteiger partial charge in [-0.15, -0.1) is 0 Å². The predicted molar refractivity (Wildman–Crippen MR) is 91.8 cm³/mol. The summed E-state index contributed by atoms with van der Waals surface area (Å²) < 4.78 is 0. The topological polar surface area (TPSA) is 20.2 Å². The van der Waals surface area contributed by atoms with Crippen LogP contribution in [0.25, 0.3) is 0 Å². The molecule has 22 heavy (non-hydrogen) atoms. The normalized spacial score (nSPS) is 19.3. The number of aliphatic hydroxyl groups is 1. The number of benzene rings is 2. The molecule has 3 rings (SSSR count). The molecule has 1 nitrogen and oxygen atoms in total. The molecule has 0 saturated carbocycles. The van der Waals surface area contributed by atoms with E-state index in [1.54, 1.807) is 0 Å². The van der Waals surface area contributed by atoms with E-state index < -0.39 is 6.10 Å². The van der Waals surface area contributed by atoms with Crippen LogP contribution in [0.15, 0.2) is 77.4 Å². The van der Waals surface area contributed by atoms with Crippen molar-refractivity contribution in [2.75, 3.05) is 0 Å². The van der Waals surface area contributed by atoms with E-state index in [0.29, 0.717) is 0 Å². The van der Waals surface area contributed by atoms with Crippen molar-refractivity contribution in [3.05, 3.63) is 94.1 Å². The standard InChI is InChI=1S/C21H22O/c1-14-13-20(16(3)15(14)2)18-11-7-8-12-19(18)21(22)17-9-5-4-6-10-17/h4-13,20-22H,1-3H3. The molecule has 0 saturated heterocycles. The van der Waals surface area contributed by atoms with E-state index in [0.717, 1.165) is 11.1 Å². The molecule has 0 amide bonds. The number of hydrogen-bond acceptors (Lipinski definition) is 1. The van der Waals surface area contributed by atoms with Gasteiger partial charge in [0.1, 0.15) is 6.10 Å². The van der Waals surface area contributed by atoms with Gasteiger partial charge in [0.15, 0.2) is 0 Å². The van der Waals surface area contributed by atoms with Gasteiger partial charge in [0.25, 0.3) is 0 Å². The molecule has 2 atom stereocenters. The van der Waals surface area contributed by atoms with Crippen LogP contribution in [0.3, 0.4) is 0 Å². The van der Waals surface area contributed by atoms with Crippen LogP contribution < -0.4 is 0 Å². The van der Waals surface area contributed by atoms with Crippen LogP contribution in [0.5, 0.6) is 0 Å². The zero-order chi connectivity index (χ0) is 15.7. The first kappa shape index (κ1) is 14.8. The summed E-state index contributed by atoms with van der Waals surface area (Å²) in [7, 11) is 0.